The van der Waals surface area contributed by atoms with Crippen molar-refractivity contribution >= 4 is 21.6 Å². The normalized spacial score (nSPS) is 11.3. The number of sulfonamides is 1. The second kappa shape index (κ2) is 10.1. The van der Waals surface area contributed by atoms with E-state index in [2.05, 4.69) is 19.2 Å². The Labute approximate surface area is 167 Å². The zero-order chi connectivity index (χ0) is 20.6. The van der Waals surface area contributed by atoms with Gasteiger partial charge < -0.3 is 10.1 Å². The van der Waals surface area contributed by atoms with Gasteiger partial charge in [0.15, 0.2) is 0 Å². The summed E-state index contributed by atoms with van der Waals surface area (Å²) in [6, 6.07) is 14.8. The molecule has 0 heterocycles. The van der Waals surface area contributed by atoms with Crippen LogP contribution in [0.3, 0.4) is 0 Å². The smallest absolute Gasteiger partial charge is 0.264 e. The molecule has 0 bridgehead atoms. The number of nitrogens with zero attached hydrogens (tertiary/aromatic N) is 1. The van der Waals surface area contributed by atoms with Crippen LogP contribution < -0.4 is 14.4 Å². The quantitative estimate of drug-likeness (QED) is 0.658. The van der Waals surface area contributed by atoms with Crippen LogP contribution in [0.25, 0.3) is 0 Å². The maximum Gasteiger partial charge on any atom is 0.264 e. The fraction of sp³-hybridized carbons (Fsp3) is 0.381. The van der Waals surface area contributed by atoms with E-state index in [9.17, 15) is 13.2 Å². The Bertz CT molecular complexity index is 850. The van der Waals surface area contributed by atoms with E-state index >= 15 is 0 Å². The first-order chi connectivity index (χ1) is 13.3. The van der Waals surface area contributed by atoms with E-state index in [-0.39, 0.29) is 17.3 Å². The van der Waals surface area contributed by atoms with Gasteiger partial charge >= 0.3 is 0 Å². The zero-order valence-corrected chi connectivity index (χ0v) is 17.4. The number of rotatable bonds is 10. The summed E-state index contributed by atoms with van der Waals surface area (Å²) in [4.78, 5) is 12.5. The standard InChI is InChI=1S/C21H28N2O4S/c1-4-27-19-10-12-20(13-11-19)28(25,26)23(18-8-6-5-7-9-18)16-21(24)22-15-14-17(2)3/h5-13,17H,4,14-16H2,1-3H3,(H,22,24). The van der Waals surface area contributed by atoms with Gasteiger partial charge in [0, 0.05) is 6.54 Å². The summed E-state index contributed by atoms with van der Waals surface area (Å²) in [6.07, 6.45) is 0.836. The maximum absolute atomic E-state index is 13.2. The molecule has 0 saturated carbocycles. The summed E-state index contributed by atoms with van der Waals surface area (Å²) in [7, 11) is -3.91. The molecule has 152 valence electrons. The summed E-state index contributed by atoms with van der Waals surface area (Å²) in [5.74, 6) is 0.719. The van der Waals surface area contributed by atoms with E-state index in [1.165, 1.54) is 12.1 Å². The van der Waals surface area contributed by atoms with Crippen molar-refractivity contribution in [2.45, 2.75) is 32.1 Å². The molecule has 6 nitrogen and oxygen atoms in total. The average molecular weight is 405 g/mol. The molecule has 0 saturated heterocycles. The third-order valence-corrected chi connectivity index (χ3v) is 5.89. The number of hydrogen-bond acceptors (Lipinski definition) is 4. The van der Waals surface area contributed by atoms with E-state index in [1.54, 1.807) is 42.5 Å². The molecule has 1 amide bonds. The first kappa shape index (κ1) is 21.8. The first-order valence-corrected chi connectivity index (χ1v) is 10.9. The summed E-state index contributed by atoms with van der Waals surface area (Å²) in [6.45, 7) is 6.73. The Balaban J connectivity index is 2.26. The first-order valence-electron chi connectivity index (χ1n) is 9.42. The minimum atomic E-state index is -3.91. The van der Waals surface area contributed by atoms with Gasteiger partial charge in [-0.3, -0.25) is 9.10 Å². The largest absolute Gasteiger partial charge is 0.494 e. The van der Waals surface area contributed by atoms with E-state index in [4.69, 9.17) is 4.74 Å². The van der Waals surface area contributed by atoms with Crippen LogP contribution in [0.4, 0.5) is 5.69 Å². The molecule has 0 unspecified atom stereocenters. The number of carbonyl (C=O) groups is 1. The number of amides is 1. The molecular formula is C21H28N2O4S. The molecule has 0 fully saturated rings. The molecular weight excluding hydrogens is 376 g/mol. The van der Waals surface area contributed by atoms with Crippen LogP contribution in [-0.2, 0) is 14.8 Å². The second-order valence-corrected chi connectivity index (χ2v) is 8.65. The van der Waals surface area contributed by atoms with Crippen LogP contribution in [0.2, 0.25) is 0 Å². The van der Waals surface area contributed by atoms with Crippen LogP contribution >= 0.6 is 0 Å². The van der Waals surface area contributed by atoms with E-state index in [0.29, 0.717) is 30.5 Å². The molecule has 2 rings (SSSR count). The van der Waals surface area contributed by atoms with Gasteiger partial charge in [-0.05, 0) is 55.7 Å². The number of benzene rings is 2. The van der Waals surface area contributed by atoms with Crippen LogP contribution in [0.15, 0.2) is 59.5 Å². The minimum Gasteiger partial charge on any atom is -0.494 e. The van der Waals surface area contributed by atoms with Crippen molar-refractivity contribution in [1.82, 2.24) is 5.32 Å². The minimum absolute atomic E-state index is 0.106. The van der Waals surface area contributed by atoms with E-state index in [0.717, 1.165) is 10.7 Å². The molecule has 0 atom stereocenters. The zero-order valence-electron chi connectivity index (χ0n) is 16.6. The van der Waals surface area contributed by atoms with Gasteiger partial charge in [-0.15, -0.1) is 0 Å². The van der Waals surface area contributed by atoms with E-state index < -0.39 is 10.0 Å². The van der Waals surface area contributed by atoms with Crippen molar-refractivity contribution in [3.8, 4) is 5.75 Å². The Morgan fingerprint density at radius 2 is 1.71 bits per heavy atom. The highest BCUT2D eigenvalue weighted by Gasteiger charge is 2.27. The summed E-state index contributed by atoms with van der Waals surface area (Å²) in [5, 5.41) is 2.80. The van der Waals surface area contributed by atoms with Gasteiger partial charge in [0.05, 0.1) is 17.2 Å². The fourth-order valence-electron chi connectivity index (χ4n) is 2.60. The molecule has 0 aromatic heterocycles. The molecule has 0 spiro atoms. The lowest BCUT2D eigenvalue weighted by molar-refractivity contribution is -0.119. The number of nitrogens with one attached hydrogen (secondary N) is 1. The molecule has 0 aliphatic rings. The molecule has 0 radical (unpaired) electrons. The number of anilines is 1. The lowest BCUT2D eigenvalue weighted by Gasteiger charge is -2.24. The molecule has 0 aliphatic carbocycles. The molecule has 2 aromatic carbocycles. The molecule has 7 heteroatoms. The maximum atomic E-state index is 13.2. The number of ether oxygens (including phenoxy) is 1. The van der Waals surface area contributed by atoms with E-state index in [1.807, 2.05) is 6.92 Å². The number of hydrogen-bond donors (Lipinski definition) is 1. The van der Waals surface area contributed by atoms with Crippen LogP contribution in [0, 0.1) is 5.92 Å². The monoisotopic (exact) mass is 404 g/mol. The SMILES string of the molecule is CCOc1ccc(S(=O)(=O)N(CC(=O)NCCC(C)C)c2ccccc2)cc1. The third-order valence-electron chi connectivity index (χ3n) is 4.10. The molecule has 2 aromatic rings. The summed E-state index contributed by atoms with van der Waals surface area (Å²) < 4.78 is 33.0. The Kier molecular flexibility index (Phi) is 7.87. The lowest BCUT2D eigenvalue weighted by Crippen LogP contribution is -2.41. The Morgan fingerprint density at radius 1 is 1.07 bits per heavy atom. The van der Waals surface area contributed by atoms with Crippen molar-refractivity contribution in [1.29, 1.82) is 0 Å². The predicted molar refractivity (Wildman–Crippen MR) is 111 cm³/mol. The van der Waals surface area contributed by atoms with Crippen molar-refractivity contribution in [3.05, 3.63) is 54.6 Å². The van der Waals surface area contributed by atoms with Gasteiger partial charge in [-0.1, -0.05) is 32.0 Å². The average Bonchev–Trinajstić information content (AvgIpc) is 2.67. The predicted octanol–water partition coefficient (Wildman–Crippen LogP) is 3.44. The van der Waals surface area contributed by atoms with Gasteiger partial charge in [-0.2, -0.15) is 0 Å². The van der Waals surface area contributed by atoms with Crippen molar-refractivity contribution in [2.75, 3.05) is 24.0 Å². The molecule has 1 N–H and O–H groups in total. The van der Waals surface area contributed by atoms with Gasteiger partial charge in [0.2, 0.25) is 5.91 Å². The summed E-state index contributed by atoms with van der Waals surface area (Å²) >= 11 is 0. The fourth-order valence-corrected chi connectivity index (χ4v) is 4.02. The Morgan fingerprint density at radius 3 is 2.29 bits per heavy atom. The van der Waals surface area contributed by atoms with Gasteiger partial charge in [0.25, 0.3) is 10.0 Å². The number of para-hydroxylation sites is 1. The van der Waals surface area contributed by atoms with Gasteiger partial charge in [0.1, 0.15) is 12.3 Å². The van der Waals surface area contributed by atoms with Gasteiger partial charge in [-0.25, -0.2) is 8.42 Å². The topological polar surface area (TPSA) is 75.7 Å². The van der Waals surface area contributed by atoms with Crippen LogP contribution in [0.1, 0.15) is 27.2 Å². The highest BCUT2D eigenvalue weighted by molar-refractivity contribution is 7.92. The van der Waals surface area contributed by atoms with Crippen molar-refractivity contribution < 1.29 is 17.9 Å². The van der Waals surface area contributed by atoms with Crippen molar-refractivity contribution in [3.63, 3.8) is 0 Å². The molecule has 0 aliphatic heterocycles. The second-order valence-electron chi connectivity index (χ2n) is 6.78. The van der Waals surface area contributed by atoms with Crippen molar-refractivity contribution in [2.24, 2.45) is 5.92 Å². The lowest BCUT2D eigenvalue weighted by atomic mass is 10.1. The summed E-state index contributed by atoms with van der Waals surface area (Å²) in [5.41, 5.74) is 0.440. The number of carbonyl (C=O) groups excluding carboxylic acids is 1. The van der Waals surface area contributed by atoms with Crippen LogP contribution in [0.5, 0.6) is 5.75 Å². The highest BCUT2D eigenvalue weighted by atomic mass is 32.2. The third kappa shape index (κ3) is 5.99. The highest BCUT2D eigenvalue weighted by Crippen LogP contribution is 2.25. The Hall–Kier alpha value is -2.54. The van der Waals surface area contributed by atoms with Crippen LogP contribution in [-0.4, -0.2) is 34.0 Å². The molecule has 28 heavy (non-hydrogen) atoms.